The second kappa shape index (κ2) is 3.89. The molecule has 0 unspecified atom stereocenters. The van der Waals surface area contributed by atoms with Crippen LogP contribution in [0.2, 0.25) is 0 Å². The summed E-state index contributed by atoms with van der Waals surface area (Å²) >= 11 is 0. The van der Waals surface area contributed by atoms with Crippen LogP contribution in [0.25, 0.3) is 0 Å². The highest BCUT2D eigenvalue weighted by Gasteiger charge is 2.32. The average Bonchev–Trinajstić information content (AvgIpc) is 2.00. The highest BCUT2D eigenvalue weighted by molar-refractivity contribution is 5.79. The van der Waals surface area contributed by atoms with Gasteiger partial charge in [0.2, 0.25) is 5.91 Å². The molecule has 1 aliphatic carbocycles. The van der Waals surface area contributed by atoms with E-state index in [2.05, 4.69) is 18.7 Å². The van der Waals surface area contributed by atoms with Crippen molar-refractivity contribution in [2.45, 2.75) is 45.2 Å². The maximum Gasteiger partial charge on any atom is 0.237 e. The minimum Gasteiger partial charge on any atom is -0.338 e. The van der Waals surface area contributed by atoms with Crippen LogP contribution in [0.5, 0.6) is 0 Å². The lowest BCUT2D eigenvalue weighted by molar-refractivity contribution is -0.139. The SMILES string of the molecule is CC(C)N1CCN(C2CCC2)CC1=O. The van der Waals surface area contributed by atoms with Gasteiger partial charge in [-0.15, -0.1) is 0 Å². The first-order chi connectivity index (χ1) is 6.68. The van der Waals surface area contributed by atoms with Crippen LogP contribution in [0.4, 0.5) is 0 Å². The standard InChI is InChI=1S/C11H20N2O/c1-9(2)13-7-6-12(8-11(13)14)10-4-3-5-10/h9-10H,3-8H2,1-2H3. The molecule has 0 bridgehead atoms. The largest absolute Gasteiger partial charge is 0.338 e. The molecule has 0 spiro atoms. The van der Waals surface area contributed by atoms with Crippen molar-refractivity contribution in [2.75, 3.05) is 19.6 Å². The molecule has 0 aromatic rings. The van der Waals surface area contributed by atoms with Crippen LogP contribution in [0.1, 0.15) is 33.1 Å². The molecular formula is C11H20N2O. The highest BCUT2D eigenvalue weighted by atomic mass is 16.2. The van der Waals surface area contributed by atoms with Crippen LogP contribution >= 0.6 is 0 Å². The lowest BCUT2D eigenvalue weighted by Crippen LogP contribution is -2.56. The minimum atomic E-state index is 0.318. The zero-order chi connectivity index (χ0) is 10.1. The van der Waals surface area contributed by atoms with Crippen molar-refractivity contribution in [2.24, 2.45) is 0 Å². The highest BCUT2D eigenvalue weighted by Crippen LogP contribution is 2.25. The predicted octanol–water partition coefficient (Wildman–Crippen LogP) is 1.09. The molecule has 0 atom stereocenters. The molecule has 1 saturated heterocycles. The van der Waals surface area contributed by atoms with E-state index in [9.17, 15) is 4.79 Å². The van der Waals surface area contributed by atoms with Gasteiger partial charge in [0.05, 0.1) is 6.54 Å². The molecular weight excluding hydrogens is 176 g/mol. The van der Waals surface area contributed by atoms with Gasteiger partial charge in [-0.2, -0.15) is 0 Å². The first-order valence-electron chi connectivity index (χ1n) is 5.72. The fraction of sp³-hybridized carbons (Fsp3) is 0.909. The van der Waals surface area contributed by atoms with E-state index in [-0.39, 0.29) is 0 Å². The number of hydrogen-bond donors (Lipinski definition) is 0. The van der Waals surface area contributed by atoms with Gasteiger partial charge in [0.15, 0.2) is 0 Å². The Morgan fingerprint density at radius 1 is 1.29 bits per heavy atom. The summed E-state index contributed by atoms with van der Waals surface area (Å²) in [4.78, 5) is 16.1. The summed E-state index contributed by atoms with van der Waals surface area (Å²) in [7, 11) is 0. The lowest BCUT2D eigenvalue weighted by atomic mass is 9.91. The summed E-state index contributed by atoms with van der Waals surface area (Å²) in [5.74, 6) is 0.318. The van der Waals surface area contributed by atoms with Gasteiger partial charge < -0.3 is 4.90 Å². The molecule has 0 aromatic heterocycles. The molecule has 14 heavy (non-hydrogen) atoms. The Morgan fingerprint density at radius 2 is 2.00 bits per heavy atom. The third kappa shape index (κ3) is 1.78. The Balaban J connectivity index is 1.89. The van der Waals surface area contributed by atoms with Crippen LogP contribution in [0, 0.1) is 0 Å². The van der Waals surface area contributed by atoms with Crippen molar-refractivity contribution in [1.82, 2.24) is 9.80 Å². The van der Waals surface area contributed by atoms with E-state index in [1.54, 1.807) is 0 Å². The quantitative estimate of drug-likeness (QED) is 0.660. The van der Waals surface area contributed by atoms with Crippen LogP contribution in [0.3, 0.4) is 0 Å². The summed E-state index contributed by atoms with van der Waals surface area (Å²) in [6.45, 7) is 6.85. The topological polar surface area (TPSA) is 23.6 Å². The summed E-state index contributed by atoms with van der Waals surface area (Å²) in [5, 5.41) is 0. The second-order valence-electron chi connectivity index (χ2n) is 4.74. The van der Waals surface area contributed by atoms with Gasteiger partial charge in [0, 0.05) is 25.2 Å². The summed E-state index contributed by atoms with van der Waals surface area (Å²) in [6.07, 6.45) is 3.95. The van der Waals surface area contributed by atoms with Crippen molar-refractivity contribution < 1.29 is 4.79 Å². The average molecular weight is 196 g/mol. The van der Waals surface area contributed by atoms with Gasteiger partial charge in [-0.25, -0.2) is 0 Å². The number of piperazine rings is 1. The molecule has 80 valence electrons. The fourth-order valence-corrected chi connectivity index (χ4v) is 2.31. The summed E-state index contributed by atoms with van der Waals surface area (Å²) in [5.41, 5.74) is 0. The van der Waals surface area contributed by atoms with Gasteiger partial charge in [-0.3, -0.25) is 9.69 Å². The fourth-order valence-electron chi connectivity index (χ4n) is 2.31. The Hall–Kier alpha value is -0.570. The number of amides is 1. The van der Waals surface area contributed by atoms with Crippen molar-refractivity contribution in [3.05, 3.63) is 0 Å². The van der Waals surface area contributed by atoms with Gasteiger partial charge >= 0.3 is 0 Å². The van der Waals surface area contributed by atoms with Gasteiger partial charge in [0.1, 0.15) is 0 Å². The lowest BCUT2D eigenvalue weighted by Gasteiger charge is -2.43. The smallest absolute Gasteiger partial charge is 0.237 e. The molecule has 1 saturated carbocycles. The van der Waals surface area contributed by atoms with Crippen LogP contribution in [-0.2, 0) is 4.79 Å². The van der Waals surface area contributed by atoms with E-state index >= 15 is 0 Å². The molecule has 2 aliphatic rings. The van der Waals surface area contributed by atoms with E-state index in [0.29, 0.717) is 24.5 Å². The monoisotopic (exact) mass is 196 g/mol. The Morgan fingerprint density at radius 3 is 2.43 bits per heavy atom. The number of hydrogen-bond acceptors (Lipinski definition) is 2. The maximum atomic E-state index is 11.8. The number of nitrogens with zero attached hydrogens (tertiary/aromatic N) is 2. The zero-order valence-corrected chi connectivity index (χ0v) is 9.20. The van der Waals surface area contributed by atoms with Crippen molar-refractivity contribution in [3.63, 3.8) is 0 Å². The molecule has 1 amide bonds. The molecule has 0 N–H and O–H groups in total. The van der Waals surface area contributed by atoms with E-state index in [0.717, 1.165) is 13.1 Å². The van der Waals surface area contributed by atoms with E-state index in [1.807, 2.05) is 4.90 Å². The summed E-state index contributed by atoms with van der Waals surface area (Å²) in [6, 6.07) is 1.08. The number of carbonyl (C=O) groups excluding carboxylic acids is 1. The zero-order valence-electron chi connectivity index (χ0n) is 9.20. The minimum absolute atomic E-state index is 0.318. The predicted molar refractivity (Wildman–Crippen MR) is 56.1 cm³/mol. The van der Waals surface area contributed by atoms with E-state index < -0.39 is 0 Å². The molecule has 2 rings (SSSR count). The Labute approximate surface area is 86.1 Å². The molecule has 1 heterocycles. The van der Waals surface area contributed by atoms with E-state index in [1.165, 1.54) is 19.3 Å². The molecule has 3 nitrogen and oxygen atoms in total. The number of carbonyl (C=O) groups is 1. The normalized spacial score (nSPS) is 25.6. The first-order valence-corrected chi connectivity index (χ1v) is 5.72. The van der Waals surface area contributed by atoms with Crippen LogP contribution < -0.4 is 0 Å². The van der Waals surface area contributed by atoms with Gasteiger partial charge in [-0.1, -0.05) is 6.42 Å². The van der Waals surface area contributed by atoms with Crippen molar-refractivity contribution in [1.29, 1.82) is 0 Å². The first kappa shape index (κ1) is 9.97. The third-order valence-electron chi connectivity index (χ3n) is 3.50. The second-order valence-corrected chi connectivity index (χ2v) is 4.74. The van der Waals surface area contributed by atoms with Crippen LogP contribution in [-0.4, -0.2) is 47.4 Å². The molecule has 0 radical (unpaired) electrons. The number of rotatable bonds is 2. The molecule has 1 aliphatic heterocycles. The van der Waals surface area contributed by atoms with Crippen molar-refractivity contribution in [3.8, 4) is 0 Å². The van der Waals surface area contributed by atoms with E-state index in [4.69, 9.17) is 0 Å². The van der Waals surface area contributed by atoms with Gasteiger partial charge in [-0.05, 0) is 26.7 Å². The summed E-state index contributed by atoms with van der Waals surface area (Å²) < 4.78 is 0. The van der Waals surface area contributed by atoms with Gasteiger partial charge in [0.25, 0.3) is 0 Å². The molecule has 2 fully saturated rings. The third-order valence-corrected chi connectivity index (χ3v) is 3.50. The molecule has 0 aromatic carbocycles. The maximum absolute atomic E-state index is 11.8. The van der Waals surface area contributed by atoms with Crippen molar-refractivity contribution >= 4 is 5.91 Å². The Kier molecular flexibility index (Phi) is 2.77. The molecule has 3 heteroatoms. The van der Waals surface area contributed by atoms with Crippen LogP contribution in [0.15, 0.2) is 0 Å². The Bertz CT molecular complexity index is 223.